The van der Waals surface area contributed by atoms with Gasteiger partial charge in [0.2, 0.25) is 0 Å². The van der Waals surface area contributed by atoms with Crippen LogP contribution in [0.15, 0.2) is 42.5 Å². The van der Waals surface area contributed by atoms with E-state index in [9.17, 15) is 9.18 Å². The molecule has 0 saturated heterocycles. The number of nitrogens with two attached hydrogens (primary N) is 1. The molecule has 0 radical (unpaired) electrons. The average Bonchev–Trinajstić information content (AvgIpc) is 2.40. The van der Waals surface area contributed by atoms with Gasteiger partial charge in [0.1, 0.15) is 5.82 Å². The van der Waals surface area contributed by atoms with E-state index >= 15 is 0 Å². The monoisotopic (exact) mass is 258 g/mol. The molecule has 4 heteroatoms. The first-order chi connectivity index (χ1) is 9.08. The summed E-state index contributed by atoms with van der Waals surface area (Å²) in [5, 5.41) is 2.72. The first-order valence-corrected chi connectivity index (χ1v) is 5.95. The van der Waals surface area contributed by atoms with Crippen molar-refractivity contribution in [3.05, 3.63) is 65.0 Å². The van der Waals surface area contributed by atoms with Crippen LogP contribution in [-0.2, 0) is 6.54 Å². The highest BCUT2D eigenvalue weighted by atomic mass is 19.1. The number of hydrogen-bond donors (Lipinski definition) is 2. The first kappa shape index (κ1) is 13.1. The maximum atomic E-state index is 13.4. The number of amides is 1. The quantitative estimate of drug-likeness (QED) is 0.831. The molecule has 0 aromatic heterocycles. The first-order valence-electron chi connectivity index (χ1n) is 5.95. The number of benzene rings is 2. The number of carbonyl (C=O) groups excluding carboxylic acids is 1. The molecule has 3 N–H and O–H groups in total. The van der Waals surface area contributed by atoms with Crippen molar-refractivity contribution in [3.63, 3.8) is 0 Å². The molecule has 3 nitrogen and oxygen atoms in total. The van der Waals surface area contributed by atoms with Gasteiger partial charge in [-0.15, -0.1) is 0 Å². The third kappa shape index (κ3) is 3.10. The van der Waals surface area contributed by atoms with Crippen LogP contribution in [0.25, 0.3) is 0 Å². The van der Waals surface area contributed by atoms with Crippen LogP contribution in [0.5, 0.6) is 0 Å². The fraction of sp³-hybridized carbons (Fsp3) is 0.133. The van der Waals surface area contributed by atoms with Crippen LogP contribution in [-0.4, -0.2) is 5.91 Å². The van der Waals surface area contributed by atoms with Gasteiger partial charge < -0.3 is 11.1 Å². The standard InChI is InChI=1S/C15H15FN2O/c1-10-6-7-11(8-13(10)16)15(19)18-9-12-4-2-3-5-14(12)17/h2-8H,9,17H2,1H3,(H,18,19). The summed E-state index contributed by atoms with van der Waals surface area (Å²) < 4.78 is 13.4. The second-order valence-electron chi connectivity index (χ2n) is 4.35. The van der Waals surface area contributed by atoms with Crippen molar-refractivity contribution in [1.82, 2.24) is 5.32 Å². The molecule has 0 aliphatic rings. The Morgan fingerprint density at radius 3 is 2.68 bits per heavy atom. The van der Waals surface area contributed by atoms with E-state index in [4.69, 9.17) is 5.73 Å². The molecular formula is C15H15FN2O. The van der Waals surface area contributed by atoms with E-state index in [2.05, 4.69) is 5.32 Å². The number of carbonyl (C=O) groups is 1. The Hall–Kier alpha value is -2.36. The summed E-state index contributed by atoms with van der Waals surface area (Å²) in [6, 6.07) is 11.7. The van der Waals surface area contributed by atoms with Gasteiger partial charge in [-0.2, -0.15) is 0 Å². The van der Waals surface area contributed by atoms with Crippen LogP contribution in [0.3, 0.4) is 0 Å². The molecule has 0 heterocycles. The number of halogens is 1. The van der Waals surface area contributed by atoms with Gasteiger partial charge in [0, 0.05) is 17.8 Å². The number of para-hydroxylation sites is 1. The lowest BCUT2D eigenvalue weighted by atomic mass is 10.1. The number of hydrogen-bond acceptors (Lipinski definition) is 2. The molecule has 2 rings (SSSR count). The zero-order chi connectivity index (χ0) is 13.8. The fourth-order valence-corrected chi connectivity index (χ4v) is 1.71. The van der Waals surface area contributed by atoms with Crippen molar-refractivity contribution in [2.75, 3.05) is 5.73 Å². The predicted octanol–water partition coefficient (Wildman–Crippen LogP) is 2.65. The lowest BCUT2D eigenvalue weighted by Gasteiger charge is -2.08. The Bertz CT molecular complexity index is 611. The molecule has 0 atom stereocenters. The van der Waals surface area contributed by atoms with E-state index in [1.54, 1.807) is 25.1 Å². The molecule has 19 heavy (non-hydrogen) atoms. The summed E-state index contributed by atoms with van der Waals surface area (Å²) in [4.78, 5) is 11.9. The summed E-state index contributed by atoms with van der Waals surface area (Å²) in [5.41, 5.74) is 8.06. The molecule has 0 unspecified atom stereocenters. The summed E-state index contributed by atoms with van der Waals surface area (Å²) in [5.74, 6) is -0.700. The summed E-state index contributed by atoms with van der Waals surface area (Å²) in [7, 11) is 0. The third-order valence-electron chi connectivity index (χ3n) is 2.93. The Morgan fingerprint density at radius 1 is 1.26 bits per heavy atom. The van der Waals surface area contributed by atoms with Crippen molar-refractivity contribution >= 4 is 11.6 Å². The second kappa shape index (κ2) is 5.52. The molecular weight excluding hydrogens is 243 g/mol. The maximum Gasteiger partial charge on any atom is 0.251 e. The van der Waals surface area contributed by atoms with E-state index in [1.807, 2.05) is 18.2 Å². The smallest absolute Gasteiger partial charge is 0.251 e. The van der Waals surface area contributed by atoms with Gasteiger partial charge in [-0.25, -0.2) is 4.39 Å². The molecule has 0 aliphatic heterocycles. The summed E-state index contributed by atoms with van der Waals surface area (Å²) in [6.07, 6.45) is 0. The van der Waals surface area contributed by atoms with Crippen LogP contribution in [0, 0.1) is 12.7 Å². The average molecular weight is 258 g/mol. The van der Waals surface area contributed by atoms with E-state index < -0.39 is 0 Å². The molecule has 0 fully saturated rings. The summed E-state index contributed by atoms with van der Waals surface area (Å²) in [6.45, 7) is 1.97. The Morgan fingerprint density at radius 2 is 2.00 bits per heavy atom. The SMILES string of the molecule is Cc1ccc(C(=O)NCc2ccccc2N)cc1F. The van der Waals surface area contributed by atoms with Crippen molar-refractivity contribution in [2.24, 2.45) is 0 Å². The van der Waals surface area contributed by atoms with E-state index in [0.717, 1.165) is 5.56 Å². The number of nitrogens with one attached hydrogen (secondary N) is 1. The van der Waals surface area contributed by atoms with Crippen LogP contribution in [0.4, 0.5) is 10.1 Å². The zero-order valence-corrected chi connectivity index (χ0v) is 10.6. The minimum absolute atomic E-state index is 0.303. The van der Waals surface area contributed by atoms with Gasteiger partial charge in [0.15, 0.2) is 0 Å². The number of nitrogen functional groups attached to an aromatic ring is 1. The van der Waals surface area contributed by atoms with E-state index in [0.29, 0.717) is 23.4 Å². The molecule has 98 valence electrons. The van der Waals surface area contributed by atoms with Crippen LogP contribution >= 0.6 is 0 Å². The Labute approximate surface area is 111 Å². The minimum Gasteiger partial charge on any atom is -0.398 e. The van der Waals surface area contributed by atoms with E-state index in [1.165, 1.54) is 6.07 Å². The topological polar surface area (TPSA) is 55.1 Å². The Kier molecular flexibility index (Phi) is 3.80. The van der Waals surface area contributed by atoms with Gasteiger partial charge in [0.05, 0.1) is 0 Å². The fourth-order valence-electron chi connectivity index (χ4n) is 1.71. The Balaban J connectivity index is 2.05. The normalized spacial score (nSPS) is 10.2. The predicted molar refractivity (Wildman–Crippen MR) is 73.2 cm³/mol. The molecule has 0 spiro atoms. The van der Waals surface area contributed by atoms with Gasteiger partial charge >= 0.3 is 0 Å². The van der Waals surface area contributed by atoms with Crippen molar-refractivity contribution in [1.29, 1.82) is 0 Å². The zero-order valence-electron chi connectivity index (χ0n) is 10.6. The lowest BCUT2D eigenvalue weighted by molar-refractivity contribution is 0.0950. The largest absolute Gasteiger partial charge is 0.398 e. The molecule has 2 aromatic rings. The van der Waals surface area contributed by atoms with Crippen molar-refractivity contribution < 1.29 is 9.18 Å². The highest BCUT2D eigenvalue weighted by Crippen LogP contribution is 2.11. The minimum atomic E-state index is -0.383. The van der Waals surface area contributed by atoms with Crippen molar-refractivity contribution in [3.8, 4) is 0 Å². The molecule has 0 bridgehead atoms. The van der Waals surface area contributed by atoms with Gasteiger partial charge in [-0.05, 0) is 36.2 Å². The van der Waals surface area contributed by atoms with Crippen LogP contribution in [0.2, 0.25) is 0 Å². The number of rotatable bonds is 3. The van der Waals surface area contributed by atoms with Gasteiger partial charge in [-0.3, -0.25) is 4.79 Å². The number of aryl methyl sites for hydroxylation is 1. The molecule has 2 aromatic carbocycles. The molecule has 1 amide bonds. The molecule has 0 aliphatic carbocycles. The molecule has 0 saturated carbocycles. The third-order valence-corrected chi connectivity index (χ3v) is 2.93. The van der Waals surface area contributed by atoms with E-state index in [-0.39, 0.29) is 11.7 Å². The number of anilines is 1. The van der Waals surface area contributed by atoms with Crippen LogP contribution in [0.1, 0.15) is 21.5 Å². The second-order valence-corrected chi connectivity index (χ2v) is 4.35. The van der Waals surface area contributed by atoms with Gasteiger partial charge in [0.25, 0.3) is 5.91 Å². The summed E-state index contributed by atoms with van der Waals surface area (Å²) >= 11 is 0. The van der Waals surface area contributed by atoms with Gasteiger partial charge in [-0.1, -0.05) is 24.3 Å². The van der Waals surface area contributed by atoms with Crippen LogP contribution < -0.4 is 11.1 Å². The lowest BCUT2D eigenvalue weighted by Crippen LogP contribution is -2.23. The highest BCUT2D eigenvalue weighted by Gasteiger charge is 2.08. The van der Waals surface area contributed by atoms with Crippen molar-refractivity contribution in [2.45, 2.75) is 13.5 Å². The highest BCUT2D eigenvalue weighted by molar-refractivity contribution is 5.94. The maximum absolute atomic E-state index is 13.4.